The molecular formula is C7H17N2+. The Hall–Kier alpha value is -0.370. The van der Waals surface area contributed by atoms with Crippen LogP contribution in [0.1, 0.15) is 6.92 Å². The van der Waals surface area contributed by atoms with Crippen LogP contribution in [0.5, 0.6) is 0 Å². The zero-order valence-corrected chi connectivity index (χ0v) is 6.72. The summed E-state index contributed by atoms with van der Waals surface area (Å²) in [5.41, 5.74) is 0. The molecule has 0 saturated heterocycles. The molecule has 0 aliphatic heterocycles. The minimum absolute atomic E-state index is 1.05. The van der Waals surface area contributed by atoms with Gasteiger partial charge < -0.3 is 4.90 Å². The Morgan fingerprint density at radius 1 is 1.56 bits per heavy atom. The van der Waals surface area contributed by atoms with Crippen LogP contribution in [0, 0.1) is 0 Å². The summed E-state index contributed by atoms with van der Waals surface area (Å²) in [4.78, 5) is 2.27. The van der Waals surface area contributed by atoms with E-state index in [1.54, 1.807) is 0 Å². The molecule has 0 aromatic heterocycles. The quantitative estimate of drug-likeness (QED) is 0.390. The van der Waals surface area contributed by atoms with Gasteiger partial charge in [0.15, 0.2) is 6.54 Å². The molecule has 2 heteroatoms. The van der Waals surface area contributed by atoms with Gasteiger partial charge in [0.05, 0.1) is 6.54 Å². The smallest absolute Gasteiger partial charge is 0.154 e. The maximum absolute atomic E-state index is 3.75. The summed E-state index contributed by atoms with van der Waals surface area (Å²) in [6, 6.07) is 0. The van der Waals surface area contributed by atoms with E-state index >= 15 is 0 Å². The lowest BCUT2D eigenvalue weighted by atomic mass is 10.5. The molecule has 0 aromatic carbocycles. The number of rotatable bonds is 4. The molecule has 0 saturated carbocycles. The first-order valence-corrected chi connectivity index (χ1v) is 3.37. The van der Waals surface area contributed by atoms with E-state index in [2.05, 4.69) is 25.6 Å². The van der Waals surface area contributed by atoms with Gasteiger partial charge in [0.25, 0.3) is 0 Å². The van der Waals surface area contributed by atoms with Gasteiger partial charge in [-0.2, -0.15) is 0 Å². The van der Waals surface area contributed by atoms with Crippen molar-refractivity contribution in [1.82, 2.24) is 4.90 Å². The number of hydrogen-bond donors (Lipinski definition) is 0. The third kappa shape index (κ3) is 5.50. The molecule has 0 aliphatic carbocycles. The Balaban J connectivity index is 3.16. The standard InChI is InChI=1S/C7H17N2/c1-5-9(4)7-6-8(2)3/h2,5-7H2,1,3-4H3/q+1. The maximum atomic E-state index is 3.75. The van der Waals surface area contributed by atoms with Crippen LogP contribution in [0.4, 0.5) is 0 Å². The second-order valence-electron chi connectivity index (χ2n) is 2.48. The molecule has 0 bridgehead atoms. The van der Waals surface area contributed by atoms with Gasteiger partial charge in [0.2, 0.25) is 0 Å². The summed E-state index contributed by atoms with van der Waals surface area (Å²) >= 11 is 0. The van der Waals surface area contributed by atoms with Gasteiger partial charge in [-0.3, -0.25) is 0 Å². The molecule has 0 aliphatic rings. The largest absolute Gasteiger partial charge is 0.301 e. The van der Waals surface area contributed by atoms with E-state index in [1.807, 2.05) is 11.6 Å². The molecule has 0 radical (unpaired) electrons. The SMILES string of the molecule is C=[N+](C)CCN(C)CC. The van der Waals surface area contributed by atoms with Crippen molar-refractivity contribution in [3.05, 3.63) is 0 Å². The van der Waals surface area contributed by atoms with Crippen molar-refractivity contribution in [2.75, 3.05) is 33.7 Å². The molecule has 0 atom stereocenters. The zero-order chi connectivity index (χ0) is 7.28. The van der Waals surface area contributed by atoms with E-state index in [9.17, 15) is 0 Å². The van der Waals surface area contributed by atoms with Gasteiger partial charge in [-0.25, -0.2) is 4.58 Å². The van der Waals surface area contributed by atoms with Gasteiger partial charge in [-0.1, -0.05) is 6.92 Å². The van der Waals surface area contributed by atoms with Crippen LogP contribution < -0.4 is 0 Å². The average Bonchev–Trinajstić information content (AvgIpc) is 1.83. The third-order valence-corrected chi connectivity index (χ3v) is 1.40. The predicted molar refractivity (Wildman–Crippen MR) is 41.3 cm³/mol. The lowest BCUT2D eigenvalue weighted by Crippen LogP contribution is -2.25. The van der Waals surface area contributed by atoms with Crippen LogP contribution in [0.2, 0.25) is 0 Å². The molecule has 2 nitrogen and oxygen atoms in total. The van der Waals surface area contributed by atoms with Crippen molar-refractivity contribution in [2.45, 2.75) is 6.92 Å². The molecule has 0 heterocycles. The Bertz CT molecular complexity index is 88.9. The van der Waals surface area contributed by atoms with E-state index in [-0.39, 0.29) is 0 Å². The molecule has 9 heavy (non-hydrogen) atoms. The van der Waals surface area contributed by atoms with Crippen LogP contribution in [-0.2, 0) is 0 Å². The summed E-state index contributed by atoms with van der Waals surface area (Å²) in [6.45, 7) is 9.18. The van der Waals surface area contributed by atoms with E-state index in [0.29, 0.717) is 0 Å². The summed E-state index contributed by atoms with van der Waals surface area (Å²) in [6.07, 6.45) is 0. The fraction of sp³-hybridized carbons (Fsp3) is 0.857. The van der Waals surface area contributed by atoms with Crippen molar-refractivity contribution in [2.24, 2.45) is 0 Å². The van der Waals surface area contributed by atoms with Crippen LogP contribution >= 0.6 is 0 Å². The fourth-order valence-electron chi connectivity index (χ4n) is 0.500. The molecule has 0 rings (SSSR count). The highest BCUT2D eigenvalue weighted by atomic mass is 15.1. The van der Waals surface area contributed by atoms with Crippen molar-refractivity contribution in [1.29, 1.82) is 0 Å². The summed E-state index contributed by atoms with van der Waals surface area (Å²) < 4.78 is 1.95. The molecule has 0 amide bonds. The molecule has 0 N–H and O–H groups in total. The van der Waals surface area contributed by atoms with Gasteiger partial charge in [0.1, 0.15) is 13.8 Å². The van der Waals surface area contributed by atoms with Crippen molar-refractivity contribution in [3.8, 4) is 0 Å². The number of hydrogen-bond acceptors (Lipinski definition) is 1. The average molecular weight is 129 g/mol. The number of nitrogens with zero attached hydrogens (tertiary/aromatic N) is 2. The summed E-state index contributed by atoms with van der Waals surface area (Å²) in [7, 11) is 4.10. The predicted octanol–water partition coefficient (Wildman–Crippen LogP) is 0.281. The number of likely N-dealkylation sites (N-methyl/N-ethyl adjacent to an activating group) is 2. The Kier molecular flexibility index (Phi) is 4.32. The highest BCUT2D eigenvalue weighted by molar-refractivity contribution is 5.14. The Morgan fingerprint density at radius 3 is 2.44 bits per heavy atom. The van der Waals surface area contributed by atoms with Crippen LogP contribution in [-0.4, -0.2) is 49.9 Å². The van der Waals surface area contributed by atoms with Crippen LogP contribution in [0.15, 0.2) is 0 Å². The molecular weight excluding hydrogens is 112 g/mol. The minimum atomic E-state index is 1.05. The van der Waals surface area contributed by atoms with Crippen LogP contribution in [0.3, 0.4) is 0 Å². The lowest BCUT2D eigenvalue weighted by Gasteiger charge is -2.10. The van der Waals surface area contributed by atoms with E-state index < -0.39 is 0 Å². The molecule has 0 fully saturated rings. The second kappa shape index (κ2) is 4.50. The van der Waals surface area contributed by atoms with Gasteiger partial charge >= 0.3 is 0 Å². The topological polar surface area (TPSA) is 6.25 Å². The highest BCUT2D eigenvalue weighted by Gasteiger charge is 1.95. The Morgan fingerprint density at radius 2 is 2.11 bits per heavy atom. The summed E-state index contributed by atoms with van der Waals surface area (Å²) in [5.74, 6) is 0. The van der Waals surface area contributed by atoms with E-state index in [1.165, 1.54) is 0 Å². The lowest BCUT2D eigenvalue weighted by molar-refractivity contribution is -0.488. The zero-order valence-electron chi connectivity index (χ0n) is 6.72. The molecule has 0 unspecified atom stereocenters. The maximum Gasteiger partial charge on any atom is 0.154 e. The Labute approximate surface area is 57.8 Å². The van der Waals surface area contributed by atoms with Crippen molar-refractivity contribution in [3.63, 3.8) is 0 Å². The van der Waals surface area contributed by atoms with E-state index in [4.69, 9.17) is 0 Å². The molecule has 0 aromatic rings. The van der Waals surface area contributed by atoms with Gasteiger partial charge in [-0.15, -0.1) is 0 Å². The molecule has 0 spiro atoms. The monoisotopic (exact) mass is 129 g/mol. The van der Waals surface area contributed by atoms with Crippen molar-refractivity contribution >= 4 is 6.72 Å². The van der Waals surface area contributed by atoms with Gasteiger partial charge in [-0.05, 0) is 13.6 Å². The first kappa shape index (κ1) is 8.63. The fourth-order valence-corrected chi connectivity index (χ4v) is 0.500. The highest BCUT2D eigenvalue weighted by Crippen LogP contribution is 1.78. The van der Waals surface area contributed by atoms with Gasteiger partial charge in [0, 0.05) is 0 Å². The first-order valence-electron chi connectivity index (χ1n) is 3.37. The molecule has 54 valence electrons. The van der Waals surface area contributed by atoms with E-state index in [0.717, 1.165) is 19.6 Å². The second-order valence-corrected chi connectivity index (χ2v) is 2.48. The van der Waals surface area contributed by atoms with Crippen LogP contribution in [0.25, 0.3) is 0 Å². The van der Waals surface area contributed by atoms with Crippen molar-refractivity contribution < 1.29 is 4.58 Å². The normalized spacial score (nSPS) is 10.2. The first-order chi connectivity index (χ1) is 4.16. The minimum Gasteiger partial charge on any atom is -0.301 e. The third-order valence-electron chi connectivity index (χ3n) is 1.40. The summed E-state index contributed by atoms with van der Waals surface area (Å²) in [5, 5.41) is 0.